The lowest BCUT2D eigenvalue weighted by atomic mass is 10.1. The first-order valence-electron chi connectivity index (χ1n) is 11.2. The molecule has 3 aromatic rings. The summed E-state index contributed by atoms with van der Waals surface area (Å²) in [5.41, 5.74) is 3.57. The summed E-state index contributed by atoms with van der Waals surface area (Å²) in [6.07, 6.45) is 3.60. The molecule has 0 N–H and O–H groups in total. The van der Waals surface area contributed by atoms with E-state index in [1.165, 1.54) is 0 Å². The number of nitrogens with zero attached hydrogens (tertiary/aromatic N) is 5. The summed E-state index contributed by atoms with van der Waals surface area (Å²) >= 11 is 6.36. The average molecular weight is 474 g/mol. The van der Waals surface area contributed by atoms with E-state index < -0.39 is 8.07 Å². The van der Waals surface area contributed by atoms with Gasteiger partial charge >= 0.3 is 0 Å². The largest absolute Gasteiger partial charge is 0.377 e. The molecule has 1 aliphatic rings. The summed E-state index contributed by atoms with van der Waals surface area (Å²) in [4.78, 5) is 12.0. The van der Waals surface area contributed by atoms with Crippen LogP contribution in [0.2, 0.25) is 25.7 Å². The maximum Gasteiger partial charge on any atom is 0.140 e. The average Bonchev–Trinajstić information content (AvgIpc) is 3.23. The lowest BCUT2D eigenvalue weighted by Gasteiger charge is -2.34. The fraction of sp³-hybridized carbons (Fsp3) is 0.522. The minimum absolute atomic E-state index is 0.252. The van der Waals surface area contributed by atoms with E-state index in [0.29, 0.717) is 25.8 Å². The Morgan fingerprint density at radius 3 is 2.84 bits per heavy atom. The predicted octanol–water partition coefficient (Wildman–Crippen LogP) is 4.77. The Bertz CT molecular complexity index is 1070. The van der Waals surface area contributed by atoms with Crippen molar-refractivity contribution in [3.63, 3.8) is 0 Å². The third-order valence-electron chi connectivity index (χ3n) is 5.77. The molecule has 0 unspecified atom stereocenters. The fourth-order valence-electron chi connectivity index (χ4n) is 3.89. The molecule has 32 heavy (non-hydrogen) atoms. The summed E-state index contributed by atoms with van der Waals surface area (Å²) in [5, 5.41) is 5.50. The molecule has 0 spiro atoms. The van der Waals surface area contributed by atoms with E-state index in [1.54, 1.807) is 6.20 Å². The second kappa shape index (κ2) is 9.87. The van der Waals surface area contributed by atoms with E-state index >= 15 is 0 Å². The van der Waals surface area contributed by atoms with Gasteiger partial charge in [0.05, 0.1) is 24.9 Å². The molecular weight excluding hydrogens is 442 g/mol. The Morgan fingerprint density at radius 2 is 2.09 bits per heavy atom. The van der Waals surface area contributed by atoms with E-state index in [0.717, 1.165) is 52.9 Å². The number of halogens is 1. The Hall–Kier alpha value is -2.00. The summed E-state index contributed by atoms with van der Waals surface area (Å²) in [6.45, 7) is 12.5. The highest BCUT2D eigenvalue weighted by atomic mass is 35.5. The summed E-state index contributed by atoms with van der Waals surface area (Å²) < 4.78 is 13.4. The van der Waals surface area contributed by atoms with Crippen molar-refractivity contribution in [2.24, 2.45) is 0 Å². The quantitative estimate of drug-likeness (QED) is 0.267. The molecule has 0 aromatic carbocycles. The molecule has 1 fully saturated rings. The Morgan fingerprint density at radius 1 is 1.25 bits per heavy atom. The normalized spacial score (nSPS) is 17.3. The van der Waals surface area contributed by atoms with Crippen molar-refractivity contribution in [3.8, 4) is 11.4 Å². The van der Waals surface area contributed by atoms with Crippen molar-refractivity contribution in [1.82, 2.24) is 19.7 Å². The molecule has 0 aliphatic carbocycles. The van der Waals surface area contributed by atoms with Crippen molar-refractivity contribution < 1.29 is 9.47 Å². The topological polar surface area (TPSA) is 65.3 Å². The molecule has 1 aliphatic heterocycles. The van der Waals surface area contributed by atoms with Gasteiger partial charge in [-0.1, -0.05) is 19.6 Å². The molecule has 172 valence electrons. The number of fused-ring (bicyclic) bond motifs is 1. The van der Waals surface area contributed by atoms with Gasteiger partial charge in [0, 0.05) is 44.9 Å². The van der Waals surface area contributed by atoms with Crippen molar-refractivity contribution in [3.05, 3.63) is 36.2 Å². The van der Waals surface area contributed by atoms with Crippen LogP contribution in [0.4, 0.5) is 5.82 Å². The van der Waals surface area contributed by atoms with Crippen LogP contribution in [0.15, 0.2) is 30.6 Å². The number of hydrogen-bond acceptors (Lipinski definition) is 6. The predicted molar refractivity (Wildman–Crippen MR) is 132 cm³/mol. The molecule has 0 amide bonds. The van der Waals surface area contributed by atoms with Gasteiger partial charge < -0.3 is 14.4 Å². The molecule has 0 bridgehead atoms. The zero-order chi connectivity index (χ0) is 22.7. The number of ether oxygens (including phenoxy) is 2. The molecule has 3 aromatic heterocycles. The van der Waals surface area contributed by atoms with E-state index in [9.17, 15) is 0 Å². The van der Waals surface area contributed by atoms with Gasteiger partial charge in [0.1, 0.15) is 23.8 Å². The molecule has 0 saturated carbocycles. The third-order valence-corrected chi connectivity index (χ3v) is 7.77. The van der Waals surface area contributed by atoms with Crippen LogP contribution in [0.1, 0.15) is 12.5 Å². The van der Waals surface area contributed by atoms with Gasteiger partial charge in [-0.15, -0.1) is 11.6 Å². The molecule has 0 radical (unpaired) electrons. The first-order valence-corrected chi connectivity index (χ1v) is 15.4. The number of pyridine rings is 2. The van der Waals surface area contributed by atoms with Gasteiger partial charge in [-0.3, -0.25) is 4.98 Å². The molecule has 1 atom stereocenters. The third kappa shape index (κ3) is 5.14. The van der Waals surface area contributed by atoms with Crippen LogP contribution in [0, 0.1) is 0 Å². The highest BCUT2D eigenvalue weighted by molar-refractivity contribution is 6.76. The number of alkyl halides is 1. The molecule has 4 heterocycles. The van der Waals surface area contributed by atoms with Crippen LogP contribution in [0.3, 0.4) is 0 Å². The van der Waals surface area contributed by atoms with Gasteiger partial charge in [-0.25, -0.2) is 9.67 Å². The zero-order valence-corrected chi connectivity index (χ0v) is 21.1. The van der Waals surface area contributed by atoms with Crippen LogP contribution in [-0.2, 0) is 22.1 Å². The van der Waals surface area contributed by atoms with Crippen LogP contribution < -0.4 is 4.90 Å². The summed E-state index contributed by atoms with van der Waals surface area (Å²) in [6, 6.07) is 7.43. The SMILES string of the molecule is C[C@@H]1COCCN1c1cc(CCl)c2ccnc(-c3ccnn3COCC[Si](C)(C)C)c2n1. The first-order chi connectivity index (χ1) is 15.4. The number of anilines is 1. The minimum atomic E-state index is -1.14. The maximum absolute atomic E-state index is 6.36. The first kappa shape index (κ1) is 23.2. The zero-order valence-electron chi connectivity index (χ0n) is 19.3. The Kier molecular flexibility index (Phi) is 7.14. The number of hydrogen-bond donors (Lipinski definition) is 0. The second-order valence-corrected chi connectivity index (χ2v) is 15.4. The maximum atomic E-state index is 6.36. The highest BCUT2D eigenvalue weighted by Crippen LogP contribution is 2.31. The lowest BCUT2D eigenvalue weighted by Crippen LogP contribution is -2.44. The molecule has 4 rings (SSSR count). The summed E-state index contributed by atoms with van der Waals surface area (Å²) in [7, 11) is -1.14. The van der Waals surface area contributed by atoms with Crippen molar-refractivity contribution in [2.45, 2.75) is 51.3 Å². The van der Waals surface area contributed by atoms with E-state index in [4.69, 9.17) is 31.0 Å². The highest BCUT2D eigenvalue weighted by Gasteiger charge is 2.23. The van der Waals surface area contributed by atoms with Crippen LogP contribution >= 0.6 is 11.6 Å². The van der Waals surface area contributed by atoms with Crippen molar-refractivity contribution in [2.75, 3.05) is 31.3 Å². The summed E-state index contributed by atoms with van der Waals surface area (Å²) in [5.74, 6) is 1.32. The van der Waals surface area contributed by atoms with Gasteiger partial charge in [0.2, 0.25) is 0 Å². The van der Waals surface area contributed by atoms with Crippen LogP contribution in [0.5, 0.6) is 0 Å². The lowest BCUT2D eigenvalue weighted by molar-refractivity contribution is 0.0797. The van der Waals surface area contributed by atoms with Gasteiger partial charge in [-0.05, 0) is 36.7 Å². The molecule has 1 saturated heterocycles. The second-order valence-electron chi connectivity index (χ2n) is 9.51. The molecule has 7 nitrogen and oxygen atoms in total. The standard InChI is InChI=1S/C23H32ClN5O2Si/c1-17-15-30-10-9-28(17)21-13-18(14-24)19-5-7-25-23(22(19)27-21)20-6-8-26-29(20)16-31-11-12-32(2,3)4/h5-8,13,17H,9-12,14-16H2,1-4H3/t17-/m1/s1. The fourth-order valence-corrected chi connectivity index (χ4v) is 4.86. The van der Waals surface area contributed by atoms with Gasteiger partial charge in [0.15, 0.2) is 0 Å². The smallest absolute Gasteiger partial charge is 0.140 e. The van der Waals surface area contributed by atoms with Crippen LogP contribution in [0.25, 0.3) is 22.3 Å². The molecular formula is C23H32ClN5O2Si. The monoisotopic (exact) mass is 473 g/mol. The van der Waals surface area contributed by atoms with Gasteiger partial charge in [-0.2, -0.15) is 5.10 Å². The number of aromatic nitrogens is 4. The van der Waals surface area contributed by atoms with Gasteiger partial charge in [0.25, 0.3) is 0 Å². The number of morpholine rings is 1. The van der Waals surface area contributed by atoms with E-state index in [-0.39, 0.29) is 6.04 Å². The Balaban J connectivity index is 1.69. The Labute approximate surface area is 195 Å². The minimum Gasteiger partial charge on any atom is -0.377 e. The van der Waals surface area contributed by atoms with E-state index in [2.05, 4.69) is 42.6 Å². The van der Waals surface area contributed by atoms with E-state index in [1.807, 2.05) is 23.0 Å². The van der Waals surface area contributed by atoms with Crippen molar-refractivity contribution >= 4 is 36.4 Å². The number of rotatable bonds is 8. The van der Waals surface area contributed by atoms with Crippen LogP contribution in [-0.4, -0.2) is 60.2 Å². The van der Waals surface area contributed by atoms with Crippen molar-refractivity contribution in [1.29, 1.82) is 0 Å². The molecule has 9 heteroatoms.